The molecule has 0 aliphatic carbocycles. The van der Waals surface area contributed by atoms with Crippen LogP contribution in [0.3, 0.4) is 0 Å². The molecule has 0 saturated carbocycles. The summed E-state index contributed by atoms with van der Waals surface area (Å²) in [5, 5.41) is 3.90. The molecule has 3 aromatic rings. The number of thiophene rings is 1. The molecule has 6 heteroatoms. The molecule has 2 aromatic heterocycles. The van der Waals surface area contributed by atoms with Gasteiger partial charge in [-0.2, -0.15) is 0 Å². The van der Waals surface area contributed by atoms with Gasteiger partial charge in [-0.1, -0.05) is 0 Å². The molecule has 0 radical (unpaired) electrons. The van der Waals surface area contributed by atoms with Crippen molar-refractivity contribution in [2.45, 2.75) is 20.8 Å². The molecule has 1 aromatic carbocycles. The van der Waals surface area contributed by atoms with Gasteiger partial charge < -0.3 is 14.8 Å². The van der Waals surface area contributed by atoms with E-state index in [2.05, 4.69) is 5.32 Å². The number of nitrogens with zero attached hydrogens (tertiary/aromatic N) is 2. The smallest absolute Gasteiger partial charge is 0.272 e. The number of hydrogen-bond acceptors (Lipinski definition) is 3. The van der Waals surface area contributed by atoms with E-state index in [0.717, 1.165) is 26.2 Å². The second-order valence-corrected chi connectivity index (χ2v) is 7.39. The van der Waals surface area contributed by atoms with E-state index >= 15 is 0 Å². The van der Waals surface area contributed by atoms with Crippen molar-refractivity contribution >= 4 is 38.9 Å². The first-order valence-electron chi connectivity index (χ1n) is 8.70. The van der Waals surface area contributed by atoms with Gasteiger partial charge in [0.05, 0.1) is 4.88 Å². The summed E-state index contributed by atoms with van der Waals surface area (Å²) < 4.78 is 2.85. The van der Waals surface area contributed by atoms with Crippen LogP contribution in [0.15, 0.2) is 36.5 Å². The van der Waals surface area contributed by atoms with Crippen LogP contribution in [0.4, 0.5) is 5.69 Å². The van der Waals surface area contributed by atoms with Crippen LogP contribution in [0.5, 0.6) is 0 Å². The number of carbonyl (C=O) groups is 2. The number of fused-ring (bicyclic) bond motifs is 1. The summed E-state index contributed by atoms with van der Waals surface area (Å²) in [6.07, 6.45) is 1.92. The number of carbonyl (C=O) groups excluding carboxylic acids is 2. The third kappa shape index (κ3) is 3.51. The zero-order valence-electron chi connectivity index (χ0n) is 15.5. The second kappa shape index (κ2) is 7.33. The Labute approximate surface area is 157 Å². The largest absolute Gasteiger partial charge is 0.346 e. The van der Waals surface area contributed by atoms with E-state index in [0.29, 0.717) is 18.8 Å². The van der Waals surface area contributed by atoms with Crippen molar-refractivity contribution in [3.63, 3.8) is 0 Å². The normalized spacial score (nSPS) is 10.9. The quantitative estimate of drug-likeness (QED) is 0.730. The molecule has 0 atom stereocenters. The lowest BCUT2D eigenvalue weighted by atomic mass is 10.2. The Morgan fingerprint density at radius 1 is 1.15 bits per heavy atom. The van der Waals surface area contributed by atoms with E-state index in [1.807, 2.05) is 73.8 Å². The van der Waals surface area contributed by atoms with Crippen molar-refractivity contribution in [1.29, 1.82) is 0 Å². The second-order valence-electron chi connectivity index (χ2n) is 6.31. The van der Waals surface area contributed by atoms with Crippen LogP contribution >= 0.6 is 11.3 Å². The van der Waals surface area contributed by atoms with Crippen molar-refractivity contribution < 1.29 is 9.59 Å². The number of anilines is 1. The van der Waals surface area contributed by atoms with Gasteiger partial charge in [0.2, 0.25) is 0 Å². The van der Waals surface area contributed by atoms with Gasteiger partial charge in [-0.3, -0.25) is 9.59 Å². The lowest BCUT2D eigenvalue weighted by molar-refractivity contribution is 0.0777. The highest BCUT2D eigenvalue weighted by Gasteiger charge is 2.16. The van der Waals surface area contributed by atoms with Gasteiger partial charge in [0.25, 0.3) is 11.8 Å². The lowest BCUT2D eigenvalue weighted by Crippen LogP contribution is -2.29. The molecule has 0 unspecified atom stereocenters. The fourth-order valence-electron chi connectivity index (χ4n) is 3.04. The Balaban J connectivity index is 1.84. The highest BCUT2D eigenvalue weighted by molar-refractivity contribution is 7.20. The maximum Gasteiger partial charge on any atom is 0.272 e. The standard InChI is InChI=1S/C20H23N3O2S/c1-5-23(6-2)20(25)18-11-14-10-15(7-8-17(14)26-18)21-19(24)16-9-13(3)12-22(16)4/h7-12H,5-6H2,1-4H3,(H,21,24). The number of nitrogens with one attached hydrogen (secondary N) is 1. The topological polar surface area (TPSA) is 54.3 Å². The van der Waals surface area contributed by atoms with Crippen molar-refractivity contribution in [3.05, 3.63) is 52.7 Å². The fourth-order valence-corrected chi connectivity index (χ4v) is 4.05. The molecule has 136 valence electrons. The minimum absolute atomic E-state index is 0.0565. The first kappa shape index (κ1) is 18.2. The minimum atomic E-state index is -0.144. The third-order valence-corrected chi connectivity index (χ3v) is 5.51. The molecule has 0 saturated heterocycles. The number of aromatic nitrogens is 1. The molecule has 1 N–H and O–H groups in total. The average Bonchev–Trinajstić information content (AvgIpc) is 3.18. The van der Waals surface area contributed by atoms with Crippen LogP contribution in [0.1, 0.15) is 39.6 Å². The number of rotatable bonds is 5. The van der Waals surface area contributed by atoms with Crippen LogP contribution < -0.4 is 5.32 Å². The van der Waals surface area contributed by atoms with Crippen LogP contribution in [0, 0.1) is 6.92 Å². The monoisotopic (exact) mass is 369 g/mol. The van der Waals surface area contributed by atoms with Gasteiger partial charge in [-0.05, 0) is 62.1 Å². The van der Waals surface area contributed by atoms with E-state index in [4.69, 9.17) is 0 Å². The number of amides is 2. The molecular weight excluding hydrogens is 346 g/mol. The predicted molar refractivity (Wildman–Crippen MR) is 107 cm³/mol. The molecule has 0 aliphatic rings. The van der Waals surface area contributed by atoms with E-state index in [9.17, 15) is 9.59 Å². The van der Waals surface area contributed by atoms with Crippen LogP contribution in [-0.2, 0) is 7.05 Å². The molecular formula is C20H23N3O2S. The Kier molecular flexibility index (Phi) is 5.13. The van der Waals surface area contributed by atoms with Crippen molar-refractivity contribution in [2.75, 3.05) is 18.4 Å². The van der Waals surface area contributed by atoms with Crippen LogP contribution in [0.2, 0.25) is 0 Å². The molecule has 0 bridgehead atoms. The molecule has 0 spiro atoms. The number of benzene rings is 1. The predicted octanol–water partition coefficient (Wildman–Crippen LogP) is 4.28. The highest BCUT2D eigenvalue weighted by Crippen LogP contribution is 2.29. The first-order valence-corrected chi connectivity index (χ1v) is 9.51. The summed E-state index contributed by atoms with van der Waals surface area (Å²) >= 11 is 1.49. The molecule has 26 heavy (non-hydrogen) atoms. The van der Waals surface area contributed by atoms with E-state index in [-0.39, 0.29) is 11.8 Å². The van der Waals surface area contributed by atoms with E-state index in [1.165, 1.54) is 11.3 Å². The summed E-state index contributed by atoms with van der Waals surface area (Å²) in [6, 6.07) is 9.50. The summed E-state index contributed by atoms with van der Waals surface area (Å²) in [4.78, 5) is 27.5. The summed E-state index contributed by atoms with van der Waals surface area (Å²) in [5.41, 5.74) is 2.39. The number of aryl methyl sites for hydroxylation is 2. The Bertz CT molecular complexity index is 967. The average molecular weight is 369 g/mol. The zero-order chi connectivity index (χ0) is 18.8. The van der Waals surface area contributed by atoms with Crippen LogP contribution in [0.25, 0.3) is 10.1 Å². The molecule has 3 rings (SSSR count). The maximum atomic E-state index is 12.5. The fraction of sp³-hybridized carbons (Fsp3) is 0.300. The molecule has 0 aliphatic heterocycles. The summed E-state index contributed by atoms with van der Waals surface area (Å²) in [5.74, 6) is -0.0873. The Morgan fingerprint density at radius 2 is 1.88 bits per heavy atom. The molecule has 5 nitrogen and oxygen atoms in total. The van der Waals surface area contributed by atoms with Crippen LogP contribution in [-0.4, -0.2) is 34.4 Å². The minimum Gasteiger partial charge on any atom is -0.346 e. The van der Waals surface area contributed by atoms with Gasteiger partial charge in [0.1, 0.15) is 5.69 Å². The van der Waals surface area contributed by atoms with Gasteiger partial charge >= 0.3 is 0 Å². The number of hydrogen-bond donors (Lipinski definition) is 1. The van der Waals surface area contributed by atoms with Gasteiger partial charge in [-0.25, -0.2) is 0 Å². The maximum absolute atomic E-state index is 12.5. The third-order valence-electron chi connectivity index (χ3n) is 4.41. The Morgan fingerprint density at radius 3 is 2.50 bits per heavy atom. The molecule has 2 heterocycles. The van der Waals surface area contributed by atoms with E-state index in [1.54, 1.807) is 0 Å². The lowest BCUT2D eigenvalue weighted by Gasteiger charge is -2.17. The van der Waals surface area contributed by atoms with Gasteiger partial charge in [-0.15, -0.1) is 11.3 Å². The first-order chi connectivity index (χ1) is 12.4. The van der Waals surface area contributed by atoms with Gasteiger partial charge in [0, 0.05) is 36.7 Å². The van der Waals surface area contributed by atoms with E-state index < -0.39 is 0 Å². The van der Waals surface area contributed by atoms with Crippen molar-refractivity contribution in [1.82, 2.24) is 9.47 Å². The Hall–Kier alpha value is -2.60. The SMILES string of the molecule is CCN(CC)C(=O)c1cc2cc(NC(=O)c3cc(C)cn3C)ccc2s1. The molecule has 0 fully saturated rings. The zero-order valence-corrected chi connectivity index (χ0v) is 16.3. The van der Waals surface area contributed by atoms with Gasteiger partial charge in [0.15, 0.2) is 0 Å². The highest BCUT2D eigenvalue weighted by atomic mass is 32.1. The summed E-state index contributed by atoms with van der Waals surface area (Å²) in [7, 11) is 1.86. The van der Waals surface area contributed by atoms with Crippen molar-refractivity contribution in [2.24, 2.45) is 7.05 Å². The van der Waals surface area contributed by atoms with Crippen molar-refractivity contribution in [3.8, 4) is 0 Å². The molecule has 2 amide bonds. The summed E-state index contributed by atoms with van der Waals surface area (Å²) in [6.45, 7) is 7.31.